The first-order chi connectivity index (χ1) is 56.1. The van der Waals surface area contributed by atoms with Gasteiger partial charge in [0.15, 0.2) is 0 Å². The molecule has 528 valence electrons. The van der Waals surface area contributed by atoms with Crippen molar-refractivity contribution in [3.05, 3.63) is 419 Å². The zero-order chi connectivity index (χ0) is 74.5. The van der Waals surface area contributed by atoms with Crippen LogP contribution in [0.3, 0.4) is 0 Å². The molecule has 22 aromatic rings. The van der Waals surface area contributed by atoms with Gasteiger partial charge in [0.2, 0.25) is 0 Å². The number of thiophene rings is 2. The number of fused-ring (bicyclic) bond motifs is 12. The molecule has 0 amide bonds. The number of benzene rings is 19. The Morgan fingerprint density at radius 3 is 1.29 bits per heavy atom. The average molecular weight is 1470 g/mol. The Bertz CT molecular complexity index is 7460. The Kier molecular flexibility index (Phi) is 16.0. The molecule has 0 saturated heterocycles. The molecule has 3 heterocycles. The van der Waals surface area contributed by atoms with E-state index in [0.717, 1.165) is 73.2 Å². The van der Waals surface area contributed by atoms with Crippen molar-refractivity contribution in [3.63, 3.8) is 0 Å². The predicted molar refractivity (Wildman–Crippen MR) is 486 cm³/mol. The molecule has 0 saturated carbocycles. The molecule has 3 nitrogen and oxygen atoms in total. The third-order valence-corrected chi connectivity index (χ3v) is 25.5. The number of hydrogen-bond acceptors (Lipinski definition) is 4. The standard InChI is InChI=1S/C108H69N3S2/c1-3-34-82-71(25-1)27-19-42-83(82)77-32-18-33-81(68-77)109(79-65-61-74(62-66-79)86-36-5-11-50-100(86)111-103-53-14-6-37-88(103)89-38-7-15-54-104(89)111)101-51-12-8-39-90(101)94-46-24-49-97-96-48-22-44-87(106(96)113-108(94)97)78-58-57-73-28-20-43-84(98(73)69-78)76-31-17-30-75(67-76)70-59-63-80(64-60-70)110(99-55-21-29-72-26-2-4-35-85(72)99)102-52-13-9-40-91(102)93-45-23-47-95-92-41-10-16-56-105(92)112-107(93)95/h1-69H. The highest BCUT2D eigenvalue weighted by Crippen LogP contribution is 2.52. The van der Waals surface area contributed by atoms with Gasteiger partial charge in [-0.15, -0.1) is 22.7 Å². The van der Waals surface area contributed by atoms with E-state index in [0.29, 0.717) is 0 Å². The summed E-state index contributed by atoms with van der Waals surface area (Å²) in [6, 6.07) is 155. The van der Waals surface area contributed by atoms with Gasteiger partial charge in [-0.05, 0) is 168 Å². The highest BCUT2D eigenvalue weighted by atomic mass is 32.1. The molecule has 5 heteroatoms. The van der Waals surface area contributed by atoms with Gasteiger partial charge in [0.05, 0.1) is 33.8 Å². The van der Waals surface area contributed by atoms with Crippen LogP contribution >= 0.6 is 22.7 Å². The van der Waals surface area contributed by atoms with Gasteiger partial charge in [0, 0.05) is 101 Å². The number of nitrogens with zero attached hydrogens (tertiary/aromatic N) is 3. The molecule has 22 rings (SSSR count). The van der Waals surface area contributed by atoms with Crippen LogP contribution in [0.1, 0.15) is 0 Å². The van der Waals surface area contributed by atoms with Gasteiger partial charge in [0.25, 0.3) is 0 Å². The van der Waals surface area contributed by atoms with Crippen molar-refractivity contribution in [2.75, 3.05) is 9.80 Å². The molecule has 0 aliphatic heterocycles. The number of rotatable bonds is 14. The molecule has 0 fully saturated rings. The molecule has 0 atom stereocenters. The Balaban J connectivity index is 0.624. The first kappa shape index (κ1) is 65.8. The minimum atomic E-state index is 1.06. The Hall–Kier alpha value is -14.2. The quantitative estimate of drug-likeness (QED) is 0.107. The van der Waals surface area contributed by atoms with E-state index >= 15 is 0 Å². The van der Waals surface area contributed by atoms with E-state index in [9.17, 15) is 0 Å². The van der Waals surface area contributed by atoms with Crippen LogP contribution in [0.15, 0.2) is 419 Å². The zero-order valence-corrected chi connectivity index (χ0v) is 63.1. The van der Waals surface area contributed by atoms with Crippen molar-refractivity contribution in [1.29, 1.82) is 0 Å². The third kappa shape index (κ3) is 11.2. The van der Waals surface area contributed by atoms with E-state index in [1.165, 1.54) is 139 Å². The van der Waals surface area contributed by atoms with Crippen LogP contribution in [0, 0.1) is 0 Å². The second-order valence-electron chi connectivity index (χ2n) is 29.3. The summed E-state index contributed by atoms with van der Waals surface area (Å²) in [5.74, 6) is 0. The summed E-state index contributed by atoms with van der Waals surface area (Å²) in [5.41, 5.74) is 26.6. The monoisotopic (exact) mass is 1470 g/mol. The van der Waals surface area contributed by atoms with Crippen molar-refractivity contribution in [1.82, 2.24) is 4.57 Å². The molecule has 113 heavy (non-hydrogen) atoms. The molecule has 0 radical (unpaired) electrons. The second kappa shape index (κ2) is 27.4. The molecule has 0 aliphatic carbocycles. The Morgan fingerprint density at radius 2 is 0.593 bits per heavy atom. The summed E-state index contributed by atoms with van der Waals surface area (Å²) >= 11 is 3.78. The van der Waals surface area contributed by atoms with Crippen molar-refractivity contribution >= 4 is 151 Å². The maximum Gasteiger partial charge on any atom is 0.0541 e. The molecule has 3 aromatic heterocycles. The van der Waals surface area contributed by atoms with Gasteiger partial charge in [-0.2, -0.15) is 0 Å². The van der Waals surface area contributed by atoms with Crippen molar-refractivity contribution < 1.29 is 0 Å². The third-order valence-electron chi connectivity index (χ3n) is 23.0. The van der Waals surface area contributed by atoms with Gasteiger partial charge in [-0.3, -0.25) is 0 Å². The van der Waals surface area contributed by atoms with Crippen LogP contribution in [0.4, 0.5) is 34.1 Å². The molecule has 0 N–H and O–H groups in total. The van der Waals surface area contributed by atoms with Gasteiger partial charge in [-0.25, -0.2) is 0 Å². The van der Waals surface area contributed by atoms with Crippen molar-refractivity contribution in [2.24, 2.45) is 0 Å². The fourth-order valence-electron chi connectivity index (χ4n) is 17.8. The Labute approximate surface area is 662 Å². The van der Waals surface area contributed by atoms with Crippen LogP contribution in [-0.2, 0) is 0 Å². The van der Waals surface area contributed by atoms with Crippen molar-refractivity contribution in [3.8, 4) is 83.6 Å². The molecular weight excluding hydrogens is 1400 g/mol. The molecule has 0 unspecified atom stereocenters. The largest absolute Gasteiger partial charge is 0.310 e. The Morgan fingerprint density at radius 1 is 0.186 bits per heavy atom. The maximum atomic E-state index is 2.47. The summed E-state index contributed by atoms with van der Waals surface area (Å²) in [5, 5.41) is 14.8. The van der Waals surface area contributed by atoms with Crippen LogP contribution in [0.5, 0.6) is 0 Å². The van der Waals surface area contributed by atoms with Gasteiger partial charge < -0.3 is 14.4 Å². The first-order valence-electron chi connectivity index (χ1n) is 38.7. The summed E-state index contributed by atoms with van der Waals surface area (Å²) in [6.45, 7) is 0. The van der Waals surface area contributed by atoms with E-state index in [1.54, 1.807) is 0 Å². The lowest BCUT2D eigenvalue weighted by Gasteiger charge is -2.29. The zero-order valence-electron chi connectivity index (χ0n) is 61.5. The van der Waals surface area contributed by atoms with Crippen LogP contribution in [0.25, 0.3) is 178 Å². The highest BCUT2D eigenvalue weighted by Gasteiger charge is 2.26. The SMILES string of the molecule is c1cc(-c2ccc(N(c3ccccc3-c3cccc4c3sc3ccccc34)c3cccc4ccccc34)cc2)cc(-c2cccc3ccc(-c4cccc5c4sc4c(-c6ccccc6N(c6ccc(-c7ccccc7-n7c8ccccc8c8ccccc87)cc6)c6cccc(-c7cccc8ccccc78)c6)cccc45)cc23)c1. The number of para-hydroxylation sites is 5. The minimum absolute atomic E-state index is 1.06. The normalized spacial score (nSPS) is 11.7. The minimum Gasteiger partial charge on any atom is -0.310 e. The van der Waals surface area contributed by atoms with Crippen LogP contribution in [0.2, 0.25) is 0 Å². The fraction of sp³-hybridized carbons (Fsp3) is 0. The number of anilines is 6. The number of aromatic nitrogens is 1. The first-order valence-corrected chi connectivity index (χ1v) is 40.3. The molecular formula is C108H69N3S2. The van der Waals surface area contributed by atoms with Crippen molar-refractivity contribution in [2.45, 2.75) is 0 Å². The topological polar surface area (TPSA) is 11.4 Å². The maximum absolute atomic E-state index is 2.47. The number of hydrogen-bond donors (Lipinski definition) is 0. The molecule has 0 spiro atoms. The molecule has 0 aliphatic rings. The summed E-state index contributed by atoms with van der Waals surface area (Å²) in [6.07, 6.45) is 0. The van der Waals surface area contributed by atoms with E-state index < -0.39 is 0 Å². The lowest BCUT2D eigenvalue weighted by Crippen LogP contribution is -2.11. The van der Waals surface area contributed by atoms with Gasteiger partial charge >= 0.3 is 0 Å². The summed E-state index contributed by atoms with van der Waals surface area (Å²) in [4.78, 5) is 4.94. The van der Waals surface area contributed by atoms with Crippen LogP contribution < -0.4 is 9.80 Å². The molecule has 19 aromatic carbocycles. The molecule has 0 bridgehead atoms. The summed E-state index contributed by atoms with van der Waals surface area (Å²) in [7, 11) is 0. The lowest BCUT2D eigenvalue weighted by atomic mass is 9.92. The van der Waals surface area contributed by atoms with Gasteiger partial charge in [0.1, 0.15) is 0 Å². The summed E-state index contributed by atoms with van der Waals surface area (Å²) < 4.78 is 7.55. The highest BCUT2D eigenvalue weighted by molar-refractivity contribution is 7.27. The van der Waals surface area contributed by atoms with Gasteiger partial charge in [-0.1, -0.05) is 328 Å². The average Bonchev–Trinajstić information content (AvgIpc) is 1.58. The smallest absolute Gasteiger partial charge is 0.0541 e. The van der Waals surface area contributed by atoms with Crippen LogP contribution in [-0.4, -0.2) is 4.57 Å². The van der Waals surface area contributed by atoms with E-state index in [2.05, 4.69) is 433 Å². The second-order valence-corrected chi connectivity index (χ2v) is 31.4. The van der Waals surface area contributed by atoms with E-state index in [-0.39, 0.29) is 0 Å². The lowest BCUT2D eigenvalue weighted by molar-refractivity contribution is 1.18. The fourth-order valence-corrected chi connectivity index (χ4v) is 20.4. The van der Waals surface area contributed by atoms with E-state index in [1.807, 2.05) is 22.7 Å². The van der Waals surface area contributed by atoms with E-state index in [4.69, 9.17) is 0 Å². The predicted octanol–water partition coefficient (Wildman–Crippen LogP) is 31.6.